The number of carbonyl (C=O) groups is 1. The minimum absolute atomic E-state index is 0.214. The Morgan fingerprint density at radius 1 is 1.12 bits per heavy atom. The lowest BCUT2D eigenvalue weighted by Crippen LogP contribution is -2.54. The van der Waals surface area contributed by atoms with E-state index in [2.05, 4.69) is 20.8 Å². The van der Waals surface area contributed by atoms with E-state index in [0.29, 0.717) is 29.2 Å². The van der Waals surface area contributed by atoms with Crippen LogP contribution in [-0.2, 0) is 11.3 Å². The molecule has 26 heavy (non-hydrogen) atoms. The maximum atomic E-state index is 13.3. The fourth-order valence-corrected chi connectivity index (χ4v) is 8.07. The SMILES string of the molecule is O=C(CC12C[C@@H]3C[C@H](CC(Br)(C3)C1)C2)N(Cc1ccc(F)cc1)C1CC1. The van der Waals surface area contributed by atoms with Crippen LogP contribution in [0.4, 0.5) is 4.39 Å². The number of amides is 1. The lowest BCUT2D eigenvalue weighted by molar-refractivity contribution is -0.139. The van der Waals surface area contributed by atoms with Crippen LogP contribution in [-0.4, -0.2) is 21.2 Å². The van der Waals surface area contributed by atoms with Gasteiger partial charge in [0.05, 0.1) is 0 Å². The van der Waals surface area contributed by atoms with Crippen LogP contribution in [0.1, 0.15) is 63.4 Å². The molecule has 0 aromatic heterocycles. The standard InChI is InChI=1S/C22H27BrFNO/c23-22-10-16-7-17(11-22)9-21(8-16,14-22)12-20(26)25(19-5-6-19)13-15-1-3-18(24)4-2-15/h1-4,16-17,19H,5-14H2/t16-,17-,21?,22?/m0/s1. The smallest absolute Gasteiger partial charge is 0.223 e. The van der Waals surface area contributed by atoms with Crippen molar-refractivity contribution in [3.63, 3.8) is 0 Å². The molecule has 2 atom stereocenters. The Bertz CT molecular complexity index is 699. The molecule has 1 aromatic carbocycles. The fraction of sp³-hybridized carbons (Fsp3) is 0.682. The van der Waals surface area contributed by atoms with Crippen LogP contribution in [0.5, 0.6) is 0 Å². The van der Waals surface area contributed by atoms with Gasteiger partial charge >= 0.3 is 0 Å². The summed E-state index contributed by atoms with van der Waals surface area (Å²) >= 11 is 4.06. The van der Waals surface area contributed by atoms with Crippen molar-refractivity contribution in [3.8, 4) is 0 Å². The van der Waals surface area contributed by atoms with Crippen molar-refractivity contribution >= 4 is 21.8 Å². The van der Waals surface area contributed by atoms with Crippen molar-refractivity contribution in [3.05, 3.63) is 35.6 Å². The minimum atomic E-state index is -0.214. The molecular weight excluding hydrogens is 393 g/mol. The molecule has 0 aliphatic heterocycles. The first-order valence-electron chi connectivity index (χ1n) is 10.1. The monoisotopic (exact) mass is 419 g/mol. The summed E-state index contributed by atoms with van der Waals surface area (Å²) in [4.78, 5) is 15.4. The molecule has 0 unspecified atom stereocenters. The Balaban J connectivity index is 1.32. The van der Waals surface area contributed by atoms with Gasteiger partial charge in [-0.1, -0.05) is 28.1 Å². The van der Waals surface area contributed by atoms with Crippen LogP contribution < -0.4 is 0 Å². The first-order valence-corrected chi connectivity index (χ1v) is 10.9. The van der Waals surface area contributed by atoms with Crippen LogP contribution in [0.2, 0.25) is 0 Å². The third-order valence-corrected chi connectivity index (χ3v) is 8.14. The fourth-order valence-electron chi connectivity index (χ4n) is 6.56. The minimum Gasteiger partial charge on any atom is -0.335 e. The van der Waals surface area contributed by atoms with Crippen molar-refractivity contribution in [2.45, 2.75) is 74.7 Å². The molecular formula is C22H27BrFNO. The number of rotatable bonds is 5. The van der Waals surface area contributed by atoms with E-state index >= 15 is 0 Å². The van der Waals surface area contributed by atoms with Gasteiger partial charge in [0.2, 0.25) is 5.91 Å². The molecule has 1 amide bonds. The molecule has 6 rings (SSSR count). The maximum absolute atomic E-state index is 13.3. The van der Waals surface area contributed by atoms with Crippen molar-refractivity contribution in [2.75, 3.05) is 0 Å². The van der Waals surface area contributed by atoms with E-state index in [-0.39, 0.29) is 11.2 Å². The van der Waals surface area contributed by atoms with Gasteiger partial charge in [-0.2, -0.15) is 0 Å². The van der Waals surface area contributed by atoms with Crippen LogP contribution in [0.25, 0.3) is 0 Å². The van der Waals surface area contributed by atoms with Crippen LogP contribution >= 0.6 is 15.9 Å². The normalized spacial score (nSPS) is 37.8. The molecule has 0 N–H and O–H groups in total. The lowest BCUT2D eigenvalue weighted by atomic mass is 9.48. The van der Waals surface area contributed by atoms with E-state index in [1.165, 1.54) is 50.7 Å². The quantitative estimate of drug-likeness (QED) is 0.581. The molecule has 5 aliphatic carbocycles. The first kappa shape index (κ1) is 17.2. The van der Waals surface area contributed by atoms with E-state index in [9.17, 15) is 9.18 Å². The molecule has 5 aliphatic rings. The van der Waals surface area contributed by atoms with Gasteiger partial charge in [-0.05, 0) is 86.3 Å². The van der Waals surface area contributed by atoms with E-state index in [1.54, 1.807) is 0 Å². The molecule has 2 nitrogen and oxygen atoms in total. The Hall–Kier alpha value is -0.900. The number of alkyl halides is 1. The average molecular weight is 420 g/mol. The molecule has 4 bridgehead atoms. The summed E-state index contributed by atoms with van der Waals surface area (Å²) in [7, 11) is 0. The van der Waals surface area contributed by atoms with Crippen molar-refractivity contribution < 1.29 is 9.18 Å². The third kappa shape index (κ3) is 3.23. The second kappa shape index (κ2) is 6.05. The molecule has 5 fully saturated rings. The summed E-state index contributed by atoms with van der Waals surface area (Å²) in [6.45, 7) is 0.631. The largest absolute Gasteiger partial charge is 0.335 e. The van der Waals surface area contributed by atoms with Gasteiger partial charge in [0, 0.05) is 23.3 Å². The number of halogens is 2. The Labute approximate surface area is 163 Å². The van der Waals surface area contributed by atoms with Gasteiger partial charge < -0.3 is 4.90 Å². The summed E-state index contributed by atoms with van der Waals surface area (Å²) in [5, 5.41) is 0. The second-order valence-electron chi connectivity index (χ2n) is 9.67. The highest BCUT2D eigenvalue weighted by atomic mass is 79.9. The maximum Gasteiger partial charge on any atom is 0.223 e. The molecule has 0 spiro atoms. The van der Waals surface area contributed by atoms with Crippen molar-refractivity contribution in [1.29, 1.82) is 0 Å². The zero-order valence-corrected chi connectivity index (χ0v) is 16.8. The van der Waals surface area contributed by atoms with E-state index < -0.39 is 0 Å². The van der Waals surface area contributed by atoms with Gasteiger partial charge in [0.1, 0.15) is 5.82 Å². The number of benzene rings is 1. The predicted octanol–water partition coefficient (Wildman–Crippen LogP) is 5.44. The van der Waals surface area contributed by atoms with Gasteiger partial charge in [-0.15, -0.1) is 0 Å². The Kier molecular flexibility index (Phi) is 4.01. The first-order chi connectivity index (χ1) is 12.4. The average Bonchev–Trinajstić information content (AvgIpc) is 3.36. The third-order valence-electron chi connectivity index (χ3n) is 7.21. The molecule has 4 heteroatoms. The van der Waals surface area contributed by atoms with E-state index in [4.69, 9.17) is 0 Å². The van der Waals surface area contributed by atoms with Gasteiger partial charge in [0.25, 0.3) is 0 Å². The predicted molar refractivity (Wildman–Crippen MR) is 103 cm³/mol. The number of carbonyl (C=O) groups excluding carboxylic acids is 1. The zero-order valence-electron chi connectivity index (χ0n) is 15.2. The molecule has 0 radical (unpaired) electrons. The van der Waals surface area contributed by atoms with Crippen LogP contribution in [0, 0.1) is 23.1 Å². The summed E-state index contributed by atoms with van der Waals surface area (Å²) in [5.41, 5.74) is 1.26. The van der Waals surface area contributed by atoms with Crippen LogP contribution in [0.3, 0.4) is 0 Å². The summed E-state index contributed by atoms with van der Waals surface area (Å²) in [6.07, 6.45) is 10.6. The molecule has 0 saturated heterocycles. The Morgan fingerprint density at radius 2 is 1.77 bits per heavy atom. The van der Waals surface area contributed by atoms with Crippen molar-refractivity contribution in [2.24, 2.45) is 17.3 Å². The highest BCUT2D eigenvalue weighted by Crippen LogP contribution is 2.65. The van der Waals surface area contributed by atoms with Gasteiger partial charge in [-0.25, -0.2) is 4.39 Å². The Morgan fingerprint density at radius 3 is 2.35 bits per heavy atom. The number of nitrogens with zero attached hydrogens (tertiary/aromatic N) is 1. The molecule has 0 heterocycles. The highest BCUT2D eigenvalue weighted by Gasteiger charge is 2.57. The van der Waals surface area contributed by atoms with Crippen molar-refractivity contribution in [1.82, 2.24) is 4.90 Å². The lowest BCUT2D eigenvalue weighted by Gasteiger charge is -2.60. The number of hydrogen-bond acceptors (Lipinski definition) is 1. The molecule has 5 saturated carbocycles. The summed E-state index contributed by atoms with van der Waals surface area (Å²) in [5.74, 6) is 1.74. The van der Waals surface area contributed by atoms with Gasteiger partial charge in [0.15, 0.2) is 0 Å². The zero-order chi connectivity index (χ0) is 17.9. The topological polar surface area (TPSA) is 20.3 Å². The second-order valence-corrected chi connectivity index (χ2v) is 11.4. The molecule has 140 valence electrons. The highest BCUT2D eigenvalue weighted by molar-refractivity contribution is 9.10. The van der Waals surface area contributed by atoms with E-state index in [1.807, 2.05) is 12.1 Å². The van der Waals surface area contributed by atoms with Gasteiger partial charge in [-0.3, -0.25) is 4.79 Å². The van der Waals surface area contributed by atoms with Crippen LogP contribution in [0.15, 0.2) is 24.3 Å². The van der Waals surface area contributed by atoms with E-state index in [0.717, 1.165) is 30.2 Å². The number of hydrogen-bond donors (Lipinski definition) is 0. The molecule has 1 aromatic rings. The summed E-state index contributed by atoms with van der Waals surface area (Å²) in [6, 6.07) is 7.03. The summed E-state index contributed by atoms with van der Waals surface area (Å²) < 4.78 is 13.5.